The highest BCUT2D eigenvalue weighted by atomic mass is 79.9. The van der Waals surface area contributed by atoms with E-state index in [2.05, 4.69) is 20.9 Å². The average Bonchev–Trinajstić information content (AvgIpc) is 2.78. The highest BCUT2D eigenvalue weighted by Crippen LogP contribution is 2.38. The highest BCUT2D eigenvalue weighted by Gasteiger charge is 2.37. The third kappa shape index (κ3) is 2.98. The van der Waals surface area contributed by atoms with Gasteiger partial charge in [0.05, 0.1) is 4.88 Å². The smallest absolute Gasteiger partial charge is 0.380 e. The minimum Gasteiger partial charge on any atom is -0.380 e. The van der Waals surface area contributed by atoms with Gasteiger partial charge in [-0.3, -0.25) is 0 Å². The van der Waals surface area contributed by atoms with Crippen molar-refractivity contribution >= 4 is 27.3 Å². The van der Waals surface area contributed by atoms with Crippen LogP contribution in [0.15, 0.2) is 34.9 Å². The molecule has 0 saturated carbocycles. The SMILES string of the molecule is CC(O)(c1cccc(Br)c1)c1cnc(C(F)(F)F)s1. The molecule has 1 N–H and O–H groups in total. The number of aromatic nitrogens is 1. The maximum Gasteiger partial charge on any atom is 0.443 e. The fraction of sp³-hybridized carbons (Fsp3) is 0.250. The first-order valence-electron chi connectivity index (χ1n) is 5.23. The molecule has 2 nitrogen and oxygen atoms in total. The number of nitrogens with zero attached hydrogens (tertiary/aromatic N) is 1. The molecule has 0 aliphatic carbocycles. The number of halogens is 4. The summed E-state index contributed by atoms with van der Waals surface area (Å²) in [6.07, 6.45) is -3.43. The van der Waals surface area contributed by atoms with Crippen LogP contribution in [0.1, 0.15) is 22.4 Å². The Kier molecular flexibility index (Phi) is 3.72. The van der Waals surface area contributed by atoms with E-state index in [-0.39, 0.29) is 4.88 Å². The Morgan fingerprint density at radius 3 is 2.53 bits per heavy atom. The molecule has 1 unspecified atom stereocenters. The molecule has 0 spiro atoms. The van der Waals surface area contributed by atoms with Gasteiger partial charge in [0.2, 0.25) is 0 Å². The summed E-state index contributed by atoms with van der Waals surface area (Å²) in [6.45, 7) is 1.45. The number of aliphatic hydroxyl groups is 1. The average molecular weight is 352 g/mol. The lowest BCUT2D eigenvalue weighted by atomic mass is 9.95. The van der Waals surface area contributed by atoms with E-state index in [1.807, 2.05) is 0 Å². The van der Waals surface area contributed by atoms with E-state index in [1.54, 1.807) is 24.3 Å². The van der Waals surface area contributed by atoms with Crippen molar-refractivity contribution in [3.63, 3.8) is 0 Å². The molecule has 0 aliphatic heterocycles. The van der Waals surface area contributed by atoms with Crippen LogP contribution in [-0.2, 0) is 11.8 Å². The summed E-state index contributed by atoms with van der Waals surface area (Å²) in [5.41, 5.74) is -1.01. The van der Waals surface area contributed by atoms with E-state index < -0.39 is 16.8 Å². The Labute approximate surface area is 120 Å². The van der Waals surface area contributed by atoms with Gasteiger partial charge >= 0.3 is 6.18 Å². The van der Waals surface area contributed by atoms with Crippen molar-refractivity contribution < 1.29 is 18.3 Å². The van der Waals surface area contributed by atoms with Crippen molar-refractivity contribution in [2.24, 2.45) is 0 Å². The minimum absolute atomic E-state index is 0.151. The van der Waals surface area contributed by atoms with Crippen LogP contribution in [0.2, 0.25) is 0 Å². The topological polar surface area (TPSA) is 33.1 Å². The lowest BCUT2D eigenvalue weighted by Crippen LogP contribution is -2.21. The molecule has 2 rings (SSSR count). The normalized spacial score (nSPS) is 15.3. The third-order valence-electron chi connectivity index (χ3n) is 2.61. The number of rotatable bonds is 2. The minimum atomic E-state index is -4.49. The maximum atomic E-state index is 12.5. The molecule has 0 bridgehead atoms. The Hall–Kier alpha value is -0.920. The maximum absolute atomic E-state index is 12.5. The molecule has 1 atom stereocenters. The van der Waals surface area contributed by atoms with E-state index in [1.165, 1.54) is 6.92 Å². The van der Waals surface area contributed by atoms with E-state index >= 15 is 0 Å². The molecule has 7 heteroatoms. The summed E-state index contributed by atoms with van der Waals surface area (Å²) in [7, 11) is 0. The number of hydrogen-bond donors (Lipinski definition) is 1. The zero-order valence-electron chi connectivity index (χ0n) is 9.70. The molecule has 0 radical (unpaired) electrons. The molecule has 102 valence electrons. The van der Waals surface area contributed by atoms with Crippen LogP contribution in [0, 0.1) is 0 Å². The lowest BCUT2D eigenvalue weighted by Gasteiger charge is -2.22. The molecular weight excluding hydrogens is 343 g/mol. The molecule has 0 amide bonds. The molecule has 2 aromatic rings. The first-order chi connectivity index (χ1) is 8.71. The van der Waals surface area contributed by atoms with E-state index in [9.17, 15) is 18.3 Å². The van der Waals surface area contributed by atoms with Gasteiger partial charge in [-0.05, 0) is 24.6 Å². The van der Waals surface area contributed by atoms with E-state index in [4.69, 9.17) is 0 Å². The molecule has 1 aromatic carbocycles. The molecule has 0 fully saturated rings. The largest absolute Gasteiger partial charge is 0.443 e. The monoisotopic (exact) mass is 351 g/mol. The van der Waals surface area contributed by atoms with E-state index in [0.29, 0.717) is 16.9 Å². The van der Waals surface area contributed by atoms with Crippen molar-refractivity contribution in [1.29, 1.82) is 0 Å². The standard InChI is InChI=1S/C12H9BrF3NOS/c1-11(18,7-3-2-4-8(13)5-7)9-6-17-10(19-9)12(14,15)16/h2-6,18H,1H3. The Morgan fingerprint density at radius 1 is 1.32 bits per heavy atom. The lowest BCUT2D eigenvalue weighted by molar-refractivity contribution is -0.137. The van der Waals surface area contributed by atoms with Gasteiger partial charge in [-0.15, -0.1) is 11.3 Å². The first kappa shape index (κ1) is 14.5. The summed E-state index contributed by atoms with van der Waals surface area (Å²) in [6, 6.07) is 6.79. The Bertz CT molecular complexity index is 595. The van der Waals surface area contributed by atoms with Gasteiger partial charge in [-0.2, -0.15) is 13.2 Å². The molecule has 0 saturated heterocycles. The van der Waals surface area contributed by atoms with Crippen LogP contribution in [0.5, 0.6) is 0 Å². The predicted molar refractivity (Wildman–Crippen MR) is 69.9 cm³/mol. The van der Waals surface area contributed by atoms with E-state index in [0.717, 1.165) is 10.7 Å². The third-order valence-corrected chi connectivity index (χ3v) is 4.36. The Balaban J connectivity index is 2.42. The fourth-order valence-corrected chi connectivity index (χ4v) is 2.81. The van der Waals surface area contributed by atoms with Gasteiger partial charge < -0.3 is 5.11 Å². The molecule has 19 heavy (non-hydrogen) atoms. The van der Waals surface area contributed by atoms with Crippen LogP contribution in [0.3, 0.4) is 0 Å². The predicted octanol–water partition coefficient (Wildman–Crippen LogP) is 4.18. The van der Waals surface area contributed by atoms with Crippen LogP contribution in [-0.4, -0.2) is 10.1 Å². The second-order valence-electron chi connectivity index (χ2n) is 4.11. The van der Waals surface area contributed by atoms with Gasteiger partial charge in [-0.1, -0.05) is 28.1 Å². The van der Waals surface area contributed by atoms with Crippen molar-refractivity contribution in [3.05, 3.63) is 50.4 Å². The van der Waals surface area contributed by atoms with Crippen molar-refractivity contribution in [2.45, 2.75) is 18.7 Å². The summed E-state index contributed by atoms with van der Waals surface area (Å²) in [5, 5.41) is 9.48. The summed E-state index contributed by atoms with van der Waals surface area (Å²) < 4.78 is 38.3. The zero-order chi connectivity index (χ0) is 14.3. The van der Waals surface area contributed by atoms with Crippen LogP contribution < -0.4 is 0 Å². The summed E-state index contributed by atoms with van der Waals surface area (Å²) in [5.74, 6) is 0. The van der Waals surface area contributed by atoms with Gasteiger partial charge in [-0.25, -0.2) is 4.98 Å². The molecular formula is C12H9BrF3NOS. The van der Waals surface area contributed by atoms with Gasteiger partial charge in [0.15, 0.2) is 5.01 Å². The number of thiazole rings is 1. The first-order valence-corrected chi connectivity index (χ1v) is 6.84. The number of benzene rings is 1. The van der Waals surface area contributed by atoms with Crippen molar-refractivity contribution in [2.75, 3.05) is 0 Å². The highest BCUT2D eigenvalue weighted by molar-refractivity contribution is 9.10. The molecule has 1 heterocycles. The second kappa shape index (κ2) is 4.88. The summed E-state index contributed by atoms with van der Waals surface area (Å²) in [4.78, 5) is 3.47. The van der Waals surface area contributed by atoms with Gasteiger partial charge in [0.25, 0.3) is 0 Å². The van der Waals surface area contributed by atoms with Gasteiger partial charge in [0, 0.05) is 10.7 Å². The van der Waals surface area contributed by atoms with Gasteiger partial charge in [0.1, 0.15) is 5.60 Å². The fourth-order valence-electron chi connectivity index (χ4n) is 1.56. The van der Waals surface area contributed by atoms with Crippen molar-refractivity contribution in [1.82, 2.24) is 4.98 Å². The quantitative estimate of drug-likeness (QED) is 0.880. The van der Waals surface area contributed by atoms with Crippen LogP contribution in [0.25, 0.3) is 0 Å². The molecule has 0 aliphatic rings. The number of alkyl halides is 3. The molecule has 1 aromatic heterocycles. The van der Waals surface area contributed by atoms with Crippen molar-refractivity contribution in [3.8, 4) is 0 Å². The van der Waals surface area contributed by atoms with Crippen LogP contribution in [0.4, 0.5) is 13.2 Å². The Morgan fingerprint density at radius 2 is 2.00 bits per heavy atom. The second-order valence-corrected chi connectivity index (χ2v) is 6.06. The van der Waals surface area contributed by atoms with Crippen LogP contribution >= 0.6 is 27.3 Å². The zero-order valence-corrected chi connectivity index (χ0v) is 12.1. The summed E-state index contributed by atoms with van der Waals surface area (Å²) >= 11 is 3.71. The number of hydrogen-bond acceptors (Lipinski definition) is 3.